The van der Waals surface area contributed by atoms with Crippen LogP contribution in [0.15, 0.2) is 24.3 Å². The van der Waals surface area contributed by atoms with E-state index in [-0.39, 0.29) is 18.0 Å². The molecule has 0 bridgehead atoms. The Morgan fingerprint density at radius 2 is 2.14 bits per heavy atom. The lowest BCUT2D eigenvalue weighted by molar-refractivity contribution is -0.384. The summed E-state index contributed by atoms with van der Waals surface area (Å²) in [6.45, 7) is 2.55. The number of rotatable bonds is 5. The van der Waals surface area contributed by atoms with Gasteiger partial charge in [-0.1, -0.05) is 12.1 Å². The molecule has 1 amide bonds. The number of hydrogen-bond donors (Lipinski definition) is 1. The van der Waals surface area contributed by atoms with Crippen molar-refractivity contribution in [1.82, 2.24) is 10.2 Å². The van der Waals surface area contributed by atoms with E-state index in [2.05, 4.69) is 5.32 Å². The maximum absolute atomic E-state index is 12.3. The summed E-state index contributed by atoms with van der Waals surface area (Å²) >= 11 is 0. The minimum atomic E-state index is -0.433. The molecule has 0 radical (unpaired) electrons. The first-order valence-corrected chi connectivity index (χ1v) is 7.26. The van der Waals surface area contributed by atoms with Gasteiger partial charge in [0.1, 0.15) is 0 Å². The lowest BCUT2D eigenvalue weighted by Crippen LogP contribution is -2.41. The van der Waals surface area contributed by atoms with Gasteiger partial charge in [0.2, 0.25) is 5.91 Å². The second-order valence-electron chi connectivity index (χ2n) is 5.49. The second kappa shape index (κ2) is 7.17. The monoisotopic (exact) mass is 291 g/mol. The zero-order chi connectivity index (χ0) is 15.2. The highest BCUT2D eigenvalue weighted by Gasteiger charge is 2.22. The van der Waals surface area contributed by atoms with Gasteiger partial charge in [0, 0.05) is 25.2 Å². The first-order chi connectivity index (χ1) is 10.1. The van der Waals surface area contributed by atoms with Crippen LogP contribution in [-0.2, 0) is 11.2 Å². The summed E-state index contributed by atoms with van der Waals surface area (Å²) < 4.78 is 0. The molecule has 0 aromatic heterocycles. The minimum absolute atomic E-state index is 0.0352. The summed E-state index contributed by atoms with van der Waals surface area (Å²) in [5.41, 5.74) is 0.736. The topological polar surface area (TPSA) is 75.5 Å². The van der Waals surface area contributed by atoms with E-state index in [0.29, 0.717) is 11.5 Å². The van der Waals surface area contributed by atoms with E-state index < -0.39 is 4.92 Å². The van der Waals surface area contributed by atoms with Gasteiger partial charge in [0.25, 0.3) is 5.69 Å². The van der Waals surface area contributed by atoms with Gasteiger partial charge in [-0.15, -0.1) is 0 Å². The maximum Gasteiger partial charge on any atom is 0.269 e. The van der Waals surface area contributed by atoms with Crippen LogP contribution >= 0.6 is 0 Å². The largest absolute Gasteiger partial charge is 0.342 e. The van der Waals surface area contributed by atoms with Crippen molar-refractivity contribution in [1.29, 1.82) is 0 Å². The third-order valence-corrected chi connectivity index (χ3v) is 3.94. The molecule has 0 unspecified atom stereocenters. The molecule has 6 nitrogen and oxygen atoms in total. The van der Waals surface area contributed by atoms with Crippen LogP contribution in [-0.4, -0.2) is 42.4 Å². The highest BCUT2D eigenvalue weighted by atomic mass is 16.6. The smallest absolute Gasteiger partial charge is 0.269 e. The number of nitrogens with zero attached hydrogens (tertiary/aromatic N) is 2. The predicted octanol–water partition coefficient (Wildman–Crippen LogP) is 1.60. The highest BCUT2D eigenvalue weighted by molar-refractivity contribution is 5.79. The van der Waals surface area contributed by atoms with Crippen molar-refractivity contribution in [3.05, 3.63) is 39.9 Å². The molecule has 114 valence electrons. The lowest BCUT2D eigenvalue weighted by atomic mass is 9.96. The summed E-state index contributed by atoms with van der Waals surface area (Å²) in [5.74, 6) is 0.690. The Hall–Kier alpha value is -1.95. The number of carbonyl (C=O) groups excluding carboxylic acids is 1. The molecule has 1 aliphatic rings. The van der Waals surface area contributed by atoms with Crippen LogP contribution in [0.4, 0.5) is 5.69 Å². The average Bonchev–Trinajstić information content (AvgIpc) is 2.48. The van der Waals surface area contributed by atoms with E-state index in [1.54, 1.807) is 12.1 Å². The van der Waals surface area contributed by atoms with Crippen LogP contribution in [0.25, 0.3) is 0 Å². The fourth-order valence-electron chi connectivity index (χ4n) is 2.74. The van der Waals surface area contributed by atoms with Crippen LogP contribution in [0.3, 0.4) is 0 Å². The van der Waals surface area contributed by atoms with E-state index >= 15 is 0 Å². The van der Waals surface area contributed by atoms with Crippen molar-refractivity contribution in [3.8, 4) is 0 Å². The molecular weight excluding hydrogens is 270 g/mol. The number of non-ortho nitro benzene ring substituents is 1. The van der Waals surface area contributed by atoms with Crippen LogP contribution in [0.5, 0.6) is 0 Å². The average molecular weight is 291 g/mol. The maximum atomic E-state index is 12.3. The van der Waals surface area contributed by atoms with Gasteiger partial charge in [-0.05, 0) is 37.9 Å². The van der Waals surface area contributed by atoms with Gasteiger partial charge in [-0.3, -0.25) is 14.9 Å². The number of carbonyl (C=O) groups is 1. The fraction of sp³-hybridized carbons (Fsp3) is 0.533. The molecule has 1 fully saturated rings. The second-order valence-corrected chi connectivity index (χ2v) is 5.49. The zero-order valence-corrected chi connectivity index (χ0v) is 12.2. The van der Waals surface area contributed by atoms with E-state index in [1.165, 1.54) is 12.1 Å². The molecule has 21 heavy (non-hydrogen) atoms. The van der Waals surface area contributed by atoms with Crippen LogP contribution in [0, 0.1) is 16.0 Å². The number of amides is 1. The van der Waals surface area contributed by atoms with Gasteiger partial charge in [0.05, 0.1) is 11.3 Å². The Kier molecular flexibility index (Phi) is 5.27. The molecule has 0 aliphatic carbocycles. The first kappa shape index (κ1) is 15.4. The number of nitro benzene ring substituents is 1. The van der Waals surface area contributed by atoms with Crippen molar-refractivity contribution < 1.29 is 9.72 Å². The number of nitro groups is 1. The third kappa shape index (κ3) is 4.26. The molecule has 1 heterocycles. The third-order valence-electron chi connectivity index (χ3n) is 3.94. The van der Waals surface area contributed by atoms with Crippen molar-refractivity contribution in [3.63, 3.8) is 0 Å². The van der Waals surface area contributed by atoms with Crippen LogP contribution in [0.2, 0.25) is 0 Å². The molecule has 1 saturated heterocycles. The molecule has 6 heteroatoms. The van der Waals surface area contributed by atoms with Gasteiger partial charge in [-0.25, -0.2) is 0 Å². The van der Waals surface area contributed by atoms with Crippen molar-refractivity contribution in [2.75, 3.05) is 26.7 Å². The zero-order valence-electron chi connectivity index (χ0n) is 12.2. The molecule has 2 rings (SSSR count). The Morgan fingerprint density at radius 1 is 1.43 bits per heavy atom. The fourth-order valence-corrected chi connectivity index (χ4v) is 2.74. The normalized spacial score (nSPS) is 16.0. The predicted molar refractivity (Wildman–Crippen MR) is 80.0 cm³/mol. The van der Waals surface area contributed by atoms with E-state index in [4.69, 9.17) is 0 Å². The summed E-state index contributed by atoms with van der Waals surface area (Å²) in [4.78, 5) is 24.4. The van der Waals surface area contributed by atoms with Gasteiger partial charge in [-0.2, -0.15) is 0 Å². The number of likely N-dealkylation sites (tertiary alicyclic amines) is 1. The van der Waals surface area contributed by atoms with Gasteiger partial charge >= 0.3 is 0 Å². The van der Waals surface area contributed by atoms with E-state index in [1.807, 2.05) is 11.9 Å². The number of hydrogen-bond acceptors (Lipinski definition) is 4. The Labute approximate surface area is 124 Å². The summed E-state index contributed by atoms with van der Waals surface area (Å²) in [6.07, 6.45) is 2.27. The number of piperidine rings is 1. The Balaban J connectivity index is 1.90. The summed E-state index contributed by atoms with van der Waals surface area (Å²) in [6, 6.07) is 6.31. The standard InChI is InChI=1S/C15H21N3O3/c1-16-11-12-5-7-17(8-6-12)15(19)10-13-3-2-4-14(9-13)18(20)21/h2-4,9,12,16H,5-8,10-11H2,1H3. The highest BCUT2D eigenvalue weighted by Crippen LogP contribution is 2.18. The number of benzene rings is 1. The van der Waals surface area contributed by atoms with Crippen molar-refractivity contribution in [2.24, 2.45) is 5.92 Å². The quantitative estimate of drug-likeness (QED) is 0.660. The molecule has 0 spiro atoms. The van der Waals surface area contributed by atoms with Crippen molar-refractivity contribution in [2.45, 2.75) is 19.3 Å². The molecule has 1 aromatic rings. The van der Waals surface area contributed by atoms with Crippen molar-refractivity contribution >= 4 is 11.6 Å². The van der Waals surface area contributed by atoms with Gasteiger partial charge < -0.3 is 10.2 Å². The lowest BCUT2D eigenvalue weighted by Gasteiger charge is -2.32. The van der Waals surface area contributed by atoms with E-state index in [9.17, 15) is 14.9 Å². The SMILES string of the molecule is CNCC1CCN(C(=O)Cc2cccc([N+](=O)[O-])c2)CC1. The first-order valence-electron chi connectivity index (χ1n) is 7.26. The summed E-state index contributed by atoms with van der Waals surface area (Å²) in [5, 5.41) is 13.9. The van der Waals surface area contributed by atoms with Crippen LogP contribution in [0.1, 0.15) is 18.4 Å². The van der Waals surface area contributed by atoms with Crippen LogP contribution < -0.4 is 5.32 Å². The summed E-state index contributed by atoms with van der Waals surface area (Å²) in [7, 11) is 1.94. The Bertz CT molecular complexity index is 511. The molecule has 1 N–H and O–H groups in total. The minimum Gasteiger partial charge on any atom is -0.342 e. The molecule has 1 aliphatic heterocycles. The molecule has 0 saturated carbocycles. The number of nitrogens with one attached hydrogen (secondary N) is 1. The molecule has 1 aromatic carbocycles. The van der Waals surface area contributed by atoms with E-state index in [0.717, 1.165) is 32.5 Å². The molecule has 0 atom stereocenters. The Morgan fingerprint density at radius 3 is 2.76 bits per heavy atom. The van der Waals surface area contributed by atoms with Gasteiger partial charge in [0.15, 0.2) is 0 Å². The molecular formula is C15H21N3O3.